The fraction of sp³-hybridized carbons (Fsp3) is 0.200. The SMILES string of the molecule is O=[N+]([O-])c1ccc(Nc2ccc(OC[C@@H](O)CO)cc2)cc1. The third-order valence-electron chi connectivity index (χ3n) is 2.87. The molecule has 0 spiro atoms. The number of nitro groups is 1. The molecule has 0 aliphatic rings. The van der Waals surface area contributed by atoms with E-state index in [1.165, 1.54) is 12.1 Å². The summed E-state index contributed by atoms with van der Waals surface area (Å²) in [6.07, 6.45) is -0.905. The zero-order chi connectivity index (χ0) is 15.9. The Morgan fingerprint density at radius 1 is 1.09 bits per heavy atom. The van der Waals surface area contributed by atoms with E-state index in [4.69, 9.17) is 9.84 Å². The van der Waals surface area contributed by atoms with E-state index in [1.54, 1.807) is 36.4 Å². The van der Waals surface area contributed by atoms with Crippen LogP contribution in [-0.2, 0) is 0 Å². The van der Waals surface area contributed by atoms with Crippen LogP contribution >= 0.6 is 0 Å². The lowest BCUT2D eigenvalue weighted by atomic mass is 10.2. The summed E-state index contributed by atoms with van der Waals surface area (Å²) >= 11 is 0. The molecule has 1 atom stereocenters. The number of benzene rings is 2. The monoisotopic (exact) mass is 304 g/mol. The molecule has 0 bridgehead atoms. The maximum atomic E-state index is 10.6. The van der Waals surface area contributed by atoms with E-state index >= 15 is 0 Å². The summed E-state index contributed by atoms with van der Waals surface area (Å²) in [6.45, 7) is -0.328. The minimum Gasteiger partial charge on any atom is -0.491 e. The molecule has 0 fully saturated rings. The third kappa shape index (κ3) is 4.44. The average Bonchev–Trinajstić information content (AvgIpc) is 2.54. The normalized spacial score (nSPS) is 11.7. The topological polar surface area (TPSA) is 105 Å². The molecule has 0 aliphatic heterocycles. The lowest BCUT2D eigenvalue weighted by molar-refractivity contribution is -0.384. The van der Waals surface area contributed by atoms with Crippen LogP contribution in [-0.4, -0.2) is 34.5 Å². The van der Waals surface area contributed by atoms with Crippen LogP contribution in [0.2, 0.25) is 0 Å². The third-order valence-corrected chi connectivity index (χ3v) is 2.87. The van der Waals surface area contributed by atoms with Crippen LogP contribution in [0, 0.1) is 10.1 Å². The van der Waals surface area contributed by atoms with Crippen molar-refractivity contribution < 1.29 is 19.9 Å². The first-order valence-electron chi connectivity index (χ1n) is 6.62. The van der Waals surface area contributed by atoms with E-state index in [-0.39, 0.29) is 18.9 Å². The Hall–Kier alpha value is -2.64. The van der Waals surface area contributed by atoms with Gasteiger partial charge in [-0.25, -0.2) is 0 Å². The van der Waals surface area contributed by atoms with E-state index < -0.39 is 11.0 Å². The Balaban J connectivity index is 1.94. The zero-order valence-electron chi connectivity index (χ0n) is 11.7. The molecule has 0 unspecified atom stereocenters. The van der Waals surface area contributed by atoms with E-state index in [2.05, 4.69) is 5.32 Å². The van der Waals surface area contributed by atoms with Crippen LogP contribution in [0.25, 0.3) is 0 Å². The highest BCUT2D eigenvalue weighted by Crippen LogP contribution is 2.22. The number of nitro benzene ring substituents is 1. The number of rotatable bonds is 7. The molecule has 0 radical (unpaired) electrons. The van der Waals surface area contributed by atoms with Gasteiger partial charge in [0.15, 0.2) is 0 Å². The molecule has 2 rings (SSSR count). The van der Waals surface area contributed by atoms with Gasteiger partial charge in [-0.05, 0) is 36.4 Å². The second-order valence-electron chi connectivity index (χ2n) is 4.60. The Labute approximate surface area is 126 Å². The van der Waals surface area contributed by atoms with E-state index in [0.29, 0.717) is 5.75 Å². The summed E-state index contributed by atoms with van der Waals surface area (Å²) in [4.78, 5) is 10.1. The Bertz CT molecular complexity index is 613. The van der Waals surface area contributed by atoms with Crippen LogP contribution in [0.3, 0.4) is 0 Å². The van der Waals surface area contributed by atoms with Crippen molar-refractivity contribution in [1.82, 2.24) is 0 Å². The van der Waals surface area contributed by atoms with Crippen molar-refractivity contribution in [2.75, 3.05) is 18.5 Å². The summed E-state index contributed by atoms with van der Waals surface area (Å²) in [7, 11) is 0. The minimum atomic E-state index is -0.905. The molecule has 0 heterocycles. The molecule has 7 heteroatoms. The number of nitrogens with zero attached hydrogens (tertiary/aromatic N) is 1. The molecule has 0 aromatic heterocycles. The molecular formula is C15H16N2O5. The first-order chi connectivity index (χ1) is 10.6. The number of aliphatic hydroxyl groups is 2. The minimum absolute atomic E-state index is 0.0195. The van der Waals surface area contributed by atoms with Gasteiger partial charge in [-0.1, -0.05) is 0 Å². The van der Waals surface area contributed by atoms with Gasteiger partial charge in [-0.3, -0.25) is 10.1 Å². The molecule has 2 aromatic rings. The summed E-state index contributed by atoms with van der Waals surface area (Å²) in [5, 5.41) is 31.6. The van der Waals surface area contributed by atoms with Gasteiger partial charge in [0.1, 0.15) is 18.5 Å². The predicted molar refractivity (Wildman–Crippen MR) is 81.4 cm³/mol. The summed E-state index contributed by atoms with van der Waals surface area (Å²) in [6, 6.07) is 13.1. The van der Waals surface area contributed by atoms with Crippen molar-refractivity contribution in [3.05, 3.63) is 58.6 Å². The summed E-state index contributed by atoms with van der Waals surface area (Å²) in [5.41, 5.74) is 1.57. The lowest BCUT2D eigenvalue weighted by Crippen LogP contribution is -2.21. The molecular weight excluding hydrogens is 288 g/mol. The van der Waals surface area contributed by atoms with Crippen molar-refractivity contribution in [3.8, 4) is 5.75 Å². The van der Waals surface area contributed by atoms with Crippen molar-refractivity contribution in [3.63, 3.8) is 0 Å². The Morgan fingerprint density at radius 2 is 1.64 bits per heavy atom. The van der Waals surface area contributed by atoms with Crippen LogP contribution in [0.1, 0.15) is 0 Å². The second kappa shape index (κ2) is 7.39. The molecule has 0 saturated heterocycles. The van der Waals surface area contributed by atoms with Gasteiger partial charge in [-0.2, -0.15) is 0 Å². The number of nitrogens with one attached hydrogen (secondary N) is 1. The number of hydrogen-bond acceptors (Lipinski definition) is 6. The molecule has 0 amide bonds. The predicted octanol–water partition coefficient (Wildman–Crippen LogP) is 2.07. The van der Waals surface area contributed by atoms with Crippen molar-refractivity contribution in [2.24, 2.45) is 0 Å². The van der Waals surface area contributed by atoms with E-state index in [0.717, 1.165) is 11.4 Å². The highest BCUT2D eigenvalue weighted by atomic mass is 16.6. The molecule has 2 aromatic carbocycles. The van der Waals surface area contributed by atoms with Gasteiger partial charge in [-0.15, -0.1) is 0 Å². The van der Waals surface area contributed by atoms with Crippen LogP contribution in [0.4, 0.5) is 17.1 Å². The van der Waals surface area contributed by atoms with Crippen LogP contribution < -0.4 is 10.1 Å². The Kier molecular flexibility index (Phi) is 5.29. The first-order valence-corrected chi connectivity index (χ1v) is 6.62. The quantitative estimate of drug-likeness (QED) is 0.534. The van der Waals surface area contributed by atoms with E-state index in [1.807, 2.05) is 0 Å². The zero-order valence-corrected chi connectivity index (χ0v) is 11.7. The Morgan fingerprint density at radius 3 is 2.14 bits per heavy atom. The molecule has 3 N–H and O–H groups in total. The maximum absolute atomic E-state index is 10.6. The standard InChI is InChI=1S/C15H16N2O5/c18-9-14(19)10-22-15-7-3-12(4-8-15)16-11-1-5-13(6-2-11)17(20)21/h1-8,14,16,18-19H,9-10H2/t14-/m0/s1. The van der Waals surface area contributed by atoms with Crippen LogP contribution in [0.15, 0.2) is 48.5 Å². The number of aliphatic hydroxyl groups excluding tert-OH is 2. The largest absolute Gasteiger partial charge is 0.491 e. The van der Waals surface area contributed by atoms with Gasteiger partial charge in [0.2, 0.25) is 0 Å². The van der Waals surface area contributed by atoms with Gasteiger partial charge < -0.3 is 20.3 Å². The van der Waals surface area contributed by atoms with Crippen molar-refractivity contribution >= 4 is 17.1 Å². The summed E-state index contributed by atoms with van der Waals surface area (Å²) in [5.74, 6) is 0.571. The average molecular weight is 304 g/mol. The smallest absolute Gasteiger partial charge is 0.269 e. The van der Waals surface area contributed by atoms with Gasteiger partial charge in [0.25, 0.3) is 5.69 Å². The summed E-state index contributed by atoms with van der Waals surface area (Å²) < 4.78 is 5.29. The number of ether oxygens (including phenoxy) is 1. The molecule has 0 aliphatic carbocycles. The molecule has 116 valence electrons. The molecule has 7 nitrogen and oxygen atoms in total. The highest BCUT2D eigenvalue weighted by Gasteiger charge is 2.05. The number of hydrogen-bond donors (Lipinski definition) is 3. The van der Waals surface area contributed by atoms with Gasteiger partial charge >= 0.3 is 0 Å². The van der Waals surface area contributed by atoms with Crippen molar-refractivity contribution in [1.29, 1.82) is 0 Å². The van der Waals surface area contributed by atoms with Crippen LogP contribution in [0.5, 0.6) is 5.75 Å². The van der Waals surface area contributed by atoms with Gasteiger partial charge in [0, 0.05) is 23.5 Å². The highest BCUT2D eigenvalue weighted by molar-refractivity contribution is 5.61. The molecule has 0 saturated carbocycles. The lowest BCUT2D eigenvalue weighted by Gasteiger charge is -2.11. The fourth-order valence-corrected chi connectivity index (χ4v) is 1.71. The molecule has 22 heavy (non-hydrogen) atoms. The fourth-order valence-electron chi connectivity index (χ4n) is 1.71. The second-order valence-corrected chi connectivity index (χ2v) is 4.60. The number of non-ortho nitro benzene ring substituents is 1. The first kappa shape index (κ1) is 15.7. The van der Waals surface area contributed by atoms with E-state index in [9.17, 15) is 15.2 Å². The number of anilines is 2. The van der Waals surface area contributed by atoms with Crippen molar-refractivity contribution in [2.45, 2.75) is 6.10 Å². The van der Waals surface area contributed by atoms with Gasteiger partial charge in [0.05, 0.1) is 11.5 Å². The maximum Gasteiger partial charge on any atom is 0.269 e.